The molecule has 5 heteroatoms. The molecule has 0 aromatic carbocycles. The predicted molar refractivity (Wildman–Crippen MR) is 88.3 cm³/mol. The zero-order chi connectivity index (χ0) is 15.9. The van der Waals surface area contributed by atoms with Crippen molar-refractivity contribution in [2.75, 3.05) is 0 Å². The van der Waals surface area contributed by atoms with Crippen LogP contribution in [0.1, 0.15) is 66.2 Å². The second-order valence-electron chi connectivity index (χ2n) is 6.09. The van der Waals surface area contributed by atoms with Crippen molar-refractivity contribution in [3.05, 3.63) is 0 Å². The average Bonchev–Trinajstić information content (AvgIpc) is 2.36. The summed E-state index contributed by atoms with van der Waals surface area (Å²) in [5.41, 5.74) is 0. The molecule has 0 amide bonds. The van der Waals surface area contributed by atoms with Crippen LogP contribution in [0.15, 0.2) is 0 Å². The predicted octanol–water partition coefficient (Wildman–Crippen LogP) is 7.09. The van der Waals surface area contributed by atoms with Crippen molar-refractivity contribution in [1.82, 2.24) is 0 Å². The first-order valence-electron chi connectivity index (χ1n) is 7.94. The van der Waals surface area contributed by atoms with Gasteiger partial charge in [0.2, 0.25) is 0 Å². The van der Waals surface area contributed by atoms with E-state index in [1.807, 2.05) is 0 Å². The fourth-order valence-corrected chi connectivity index (χ4v) is 23.6. The zero-order valence-electron chi connectivity index (χ0n) is 13.4. The Morgan fingerprint density at radius 1 is 0.800 bits per heavy atom. The third kappa shape index (κ3) is 5.36. The molecule has 1 unspecified atom stereocenters. The first-order chi connectivity index (χ1) is 9.18. The van der Waals surface area contributed by atoms with E-state index in [4.69, 9.17) is 0 Å². The minimum atomic E-state index is -4.11. The molecule has 0 bridgehead atoms. The van der Waals surface area contributed by atoms with Crippen molar-refractivity contribution < 1.29 is 13.2 Å². The van der Waals surface area contributed by atoms with Gasteiger partial charge in [-0.25, -0.2) is 0 Å². The molecule has 0 aliphatic rings. The Morgan fingerprint density at radius 3 is 1.30 bits per heavy atom. The van der Waals surface area contributed by atoms with E-state index in [1.165, 1.54) is 6.92 Å². The van der Waals surface area contributed by atoms with Gasteiger partial charge in [-0.2, -0.15) is 0 Å². The summed E-state index contributed by atoms with van der Waals surface area (Å²) in [6.45, 7) is 7.67. The van der Waals surface area contributed by atoms with Crippen molar-refractivity contribution in [1.29, 1.82) is 0 Å². The standard InChI is InChI=1S/3C4H9.C3H3BrF3.Sn/c3*1-3-4-2;1-2(4)3(5,6)7;/h3*1,3-4H2,2H3;1H3;. The monoisotopic (exact) mass is 466 g/mol. The van der Waals surface area contributed by atoms with Crippen molar-refractivity contribution >= 4 is 34.3 Å². The van der Waals surface area contributed by atoms with Crippen molar-refractivity contribution in [2.45, 2.75) is 88.0 Å². The number of hydrogen-bond acceptors (Lipinski definition) is 0. The first kappa shape index (κ1) is 21.1. The van der Waals surface area contributed by atoms with Crippen LogP contribution in [0, 0.1) is 0 Å². The van der Waals surface area contributed by atoms with Gasteiger partial charge in [0, 0.05) is 0 Å². The van der Waals surface area contributed by atoms with Crippen LogP contribution in [0.25, 0.3) is 0 Å². The van der Waals surface area contributed by atoms with Gasteiger partial charge in [0.05, 0.1) is 0 Å². The summed E-state index contributed by atoms with van der Waals surface area (Å²) in [6, 6.07) is 0. The van der Waals surface area contributed by atoms with Crippen LogP contribution in [0.4, 0.5) is 13.2 Å². The molecule has 0 aliphatic carbocycles. The summed E-state index contributed by atoms with van der Waals surface area (Å²) in [6.07, 6.45) is 1.76. The summed E-state index contributed by atoms with van der Waals surface area (Å²) in [5.74, 6) is 0. The number of hydrogen-bond donors (Lipinski definition) is 0. The van der Waals surface area contributed by atoms with E-state index < -0.39 is 26.9 Å². The van der Waals surface area contributed by atoms with Gasteiger partial charge in [-0.15, -0.1) is 0 Å². The van der Waals surface area contributed by atoms with Gasteiger partial charge >= 0.3 is 136 Å². The molecule has 0 aromatic rings. The van der Waals surface area contributed by atoms with Crippen LogP contribution >= 0.6 is 15.9 Å². The maximum absolute atomic E-state index is 13.6. The maximum atomic E-state index is 13.6. The average molecular weight is 466 g/mol. The van der Waals surface area contributed by atoms with Crippen molar-refractivity contribution in [3.63, 3.8) is 0 Å². The van der Waals surface area contributed by atoms with E-state index in [9.17, 15) is 13.2 Å². The van der Waals surface area contributed by atoms with Crippen LogP contribution in [-0.2, 0) is 0 Å². The summed E-state index contributed by atoms with van der Waals surface area (Å²) < 4.78 is 41.9. The summed E-state index contributed by atoms with van der Waals surface area (Å²) in [5, 5.41) is 0. The van der Waals surface area contributed by atoms with Crippen LogP contribution in [0.3, 0.4) is 0 Å². The van der Waals surface area contributed by atoms with Gasteiger partial charge in [0.1, 0.15) is 0 Å². The van der Waals surface area contributed by atoms with Crippen molar-refractivity contribution in [3.8, 4) is 0 Å². The molecule has 0 rings (SSSR count). The zero-order valence-corrected chi connectivity index (χ0v) is 17.8. The molecule has 20 heavy (non-hydrogen) atoms. The molecule has 0 aromatic heterocycles. The van der Waals surface area contributed by atoms with Gasteiger partial charge in [-0.1, -0.05) is 0 Å². The number of rotatable bonds is 10. The second-order valence-corrected chi connectivity index (χ2v) is 24.2. The summed E-state index contributed by atoms with van der Waals surface area (Å²) >= 11 is -0.144. The minimum absolute atomic E-state index is 0.867. The fraction of sp³-hybridized carbons (Fsp3) is 1.00. The molecule has 0 aliphatic heterocycles. The Balaban J connectivity index is 5.43. The van der Waals surface area contributed by atoms with Gasteiger partial charge in [-0.3, -0.25) is 0 Å². The fourth-order valence-electron chi connectivity index (χ4n) is 2.93. The molecule has 0 heterocycles. The van der Waals surface area contributed by atoms with Crippen LogP contribution in [-0.4, -0.2) is 26.9 Å². The van der Waals surface area contributed by atoms with Gasteiger partial charge in [0.15, 0.2) is 0 Å². The Bertz CT molecular complexity index is 243. The molecular weight excluding hydrogens is 436 g/mol. The molecule has 0 saturated carbocycles. The molecule has 0 N–H and O–H groups in total. The summed E-state index contributed by atoms with van der Waals surface area (Å²) in [7, 11) is 0. The normalized spacial score (nSPS) is 16.2. The summed E-state index contributed by atoms with van der Waals surface area (Å²) in [4.78, 5) is 0. The Morgan fingerprint density at radius 2 is 1.10 bits per heavy atom. The van der Waals surface area contributed by atoms with Crippen molar-refractivity contribution in [2.24, 2.45) is 0 Å². The van der Waals surface area contributed by atoms with E-state index >= 15 is 0 Å². The molecule has 0 fully saturated rings. The van der Waals surface area contributed by atoms with E-state index in [0.29, 0.717) is 0 Å². The van der Waals surface area contributed by atoms with Crippen LogP contribution in [0.2, 0.25) is 13.3 Å². The molecular formula is C15H30BrF3Sn. The third-order valence-corrected chi connectivity index (χ3v) is 28.4. The Hall–Kier alpha value is 1.07. The molecule has 0 radical (unpaired) electrons. The number of alkyl halides is 4. The second kappa shape index (κ2) is 9.26. The van der Waals surface area contributed by atoms with E-state index in [0.717, 1.165) is 51.8 Å². The first-order valence-corrected chi connectivity index (χ1v) is 16.2. The molecule has 122 valence electrons. The molecule has 0 spiro atoms. The molecule has 0 nitrogen and oxygen atoms in total. The van der Waals surface area contributed by atoms with Crippen LogP contribution in [0.5, 0.6) is 0 Å². The Kier molecular flexibility index (Phi) is 9.76. The topological polar surface area (TPSA) is 0 Å². The number of halogens is 4. The van der Waals surface area contributed by atoms with Gasteiger partial charge < -0.3 is 0 Å². The van der Waals surface area contributed by atoms with E-state index in [1.54, 1.807) is 0 Å². The van der Waals surface area contributed by atoms with E-state index in [-0.39, 0.29) is 0 Å². The molecule has 1 atom stereocenters. The van der Waals surface area contributed by atoms with Crippen LogP contribution < -0.4 is 0 Å². The van der Waals surface area contributed by atoms with Gasteiger partial charge in [0.25, 0.3) is 0 Å². The van der Waals surface area contributed by atoms with E-state index in [2.05, 4.69) is 36.7 Å². The SMILES string of the molecule is CCC[CH2][Sn]([CH2]CCC)([CH2]CCC)[C](C)(Br)C(F)(F)F. The Labute approximate surface area is 135 Å². The molecule has 0 saturated heterocycles. The third-order valence-electron chi connectivity index (χ3n) is 4.55. The quantitative estimate of drug-likeness (QED) is 0.238. The number of unbranched alkanes of at least 4 members (excludes halogenated alkanes) is 3. The van der Waals surface area contributed by atoms with Gasteiger partial charge in [-0.05, 0) is 0 Å².